The van der Waals surface area contributed by atoms with Crippen molar-refractivity contribution >= 4 is 34.1 Å². The lowest BCUT2D eigenvalue weighted by atomic mass is 10.2. The Kier molecular flexibility index (Phi) is 6.85. The van der Waals surface area contributed by atoms with Gasteiger partial charge in [0.25, 0.3) is 0 Å². The summed E-state index contributed by atoms with van der Waals surface area (Å²) in [6, 6.07) is 10.2. The van der Waals surface area contributed by atoms with Crippen LogP contribution in [0.2, 0.25) is 0 Å². The minimum atomic E-state index is -0.148. The normalized spacial score (nSPS) is 12.0. The maximum absolute atomic E-state index is 12.3. The molecule has 0 radical (unpaired) electrons. The van der Waals surface area contributed by atoms with Crippen molar-refractivity contribution in [1.82, 2.24) is 15.1 Å². The molecule has 2 rings (SSSR count). The molecule has 5 nitrogen and oxygen atoms in total. The highest BCUT2D eigenvalue weighted by Crippen LogP contribution is 2.29. The van der Waals surface area contributed by atoms with Gasteiger partial charge < -0.3 is 10.2 Å². The van der Waals surface area contributed by atoms with E-state index in [0.29, 0.717) is 6.54 Å². The van der Waals surface area contributed by atoms with Crippen molar-refractivity contribution in [3.63, 3.8) is 0 Å². The number of anilines is 1. The summed E-state index contributed by atoms with van der Waals surface area (Å²) in [4.78, 5) is 14.1. The van der Waals surface area contributed by atoms with E-state index in [1.807, 2.05) is 43.9 Å². The van der Waals surface area contributed by atoms with Crippen LogP contribution < -0.4 is 5.32 Å². The van der Waals surface area contributed by atoms with E-state index in [4.69, 9.17) is 0 Å². The predicted octanol–water partition coefficient (Wildman–Crippen LogP) is 3.50. The molecule has 1 N–H and O–H groups in total. The second kappa shape index (κ2) is 8.88. The number of aromatic nitrogens is 2. The first-order chi connectivity index (χ1) is 11.1. The Morgan fingerprint density at radius 1 is 1.26 bits per heavy atom. The molecule has 124 valence electrons. The summed E-state index contributed by atoms with van der Waals surface area (Å²) < 4.78 is 0.813. The Bertz CT molecular complexity index is 614. The van der Waals surface area contributed by atoms with E-state index in [1.54, 1.807) is 0 Å². The molecule has 0 saturated carbocycles. The van der Waals surface area contributed by atoms with Crippen molar-refractivity contribution in [2.45, 2.75) is 36.9 Å². The first-order valence-corrected chi connectivity index (χ1v) is 9.40. The molecule has 1 heterocycles. The van der Waals surface area contributed by atoms with Crippen molar-refractivity contribution in [2.75, 3.05) is 18.4 Å². The van der Waals surface area contributed by atoms with Gasteiger partial charge in [0.2, 0.25) is 11.0 Å². The van der Waals surface area contributed by atoms with E-state index in [0.717, 1.165) is 22.6 Å². The van der Waals surface area contributed by atoms with E-state index in [9.17, 15) is 4.79 Å². The lowest BCUT2D eigenvalue weighted by Crippen LogP contribution is -2.36. The molecule has 2 aromatic rings. The lowest BCUT2D eigenvalue weighted by molar-refractivity contribution is -0.129. The summed E-state index contributed by atoms with van der Waals surface area (Å²) in [5.74, 6) is 0.147. The molecule has 7 heteroatoms. The Balaban J connectivity index is 1.88. The second-order valence-corrected chi connectivity index (χ2v) is 7.55. The van der Waals surface area contributed by atoms with Crippen molar-refractivity contribution in [3.05, 3.63) is 35.9 Å². The average Bonchev–Trinajstić information content (AvgIpc) is 3.02. The van der Waals surface area contributed by atoms with E-state index < -0.39 is 0 Å². The summed E-state index contributed by atoms with van der Waals surface area (Å²) in [5, 5.41) is 12.2. The maximum atomic E-state index is 12.3. The van der Waals surface area contributed by atoms with Crippen LogP contribution >= 0.6 is 23.1 Å². The summed E-state index contributed by atoms with van der Waals surface area (Å²) in [5.41, 5.74) is 1.20. The molecular weight excluding hydrogens is 328 g/mol. The number of carbonyl (C=O) groups excluding carboxylic acids is 1. The molecule has 1 atom stereocenters. The number of amides is 1. The zero-order chi connectivity index (χ0) is 16.7. The molecule has 1 amide bonds. The van der Waals surface area contributed by atoms with Crippen LogP contribution in [0, 0.1) is 0 Å². The molecule has 0 bridgehead atoms. The lowest BCUT2D eigenvalue weighted by Gasteiger charge is -2.21. The van der Waals surface area contributed by atoms with Crippen LogP contribution in [0.1, 0.15) is 26.3 Å². The van der Waals surface area contributed by atoms with Crippen LogP contribution in [-0.2, 0) is 11.3 Å². The number of hydrogen-bond donors (Lipinski definition) is 1. The molecule has 0 fully saturated rings. The highest BCUT2D eigenvalue weighted by atomic mass is 32.2. The van der Waals surface area contributed by atoms with Crippen molar-refractivity contribution in [2.24, 2.45) is 0 Å². The fourth-order valence-corrected chi connectivity index (χ4v) is 4.07. The van der Waals surface area contributed by atoms with Gasteiger partial charge in [-0.2, -0.15) is 0 Å². The smallest absolute Gasteiger partial charge is 0.235 e. The van der Waals surface area contributed by atoms with Crippen LogP contribution in [0.4, 0.5) is 5.13 Å². The zero-order valence-electron chi connectivity index (χ0n) is 13.7. The van der Waals surface area contributed by atoms with Gasteiger partial charge in [-0.15, -0.1) is 10.2 Å². The average molecular weight is 351 g/mol. The quantitative estimate of drug-likeness (QED) is 0.739. The summed E-state index contributed by atoms with van der Waals surface area (Å²) >= 11 is 2.95. The van der Waals surface area contributed by atoms with Crippen LogP contribution in [0.15, 0.2) is 34.7 Å². The van der Waals surface area contributed by atoms with E-state index in [1.165, 1.54) is 28.7 Å². The van der Waals surface area contributed by atoms with E-state index >= 15 is 0 Å². The fourth-order valence-electron chi connectivity index (χ4n) is 2.10. The predicted molar refractivity (Wildman–Crippen MR) is 96.9 cm³/mol. The van der Waals surface area contributed by atoms with Gasteiger partial charge in [0.1, 0.15) is 0 Å². The molecule has 1 unspecified atom stereocenters. The van der Waals surface area contributed by atoms with Crippen LogP contribution in [0.25, 0.3) is 0 Å². The minimum Gasteiger partial charge on any atom is -0.356 e. The Labute approximate surface area is 145 Å². The molecule has 1 aromatic carbocycles. The van der Waals surface area contributed by atoms with Gasteiger partial charge in [-0.25, -0.2) is 0 Å². The van der Waals surface area contributed by atoms with Crippen molar-refractivity contribution in [1.29, 1.82) is 0 Å². The molecule has 0 aliphatic carbocycles. The second-order valence-electron chi connectivity index (χ2n) is 4.98. The van der Waals surface area contributed by atoms with Crippen LogP contribution in [-0.4, -0.2) is 39.3 Å². The third kappa shape index (κ3) is 5.21. The van der Waals surface area contributed by atoms with Gasteiger partial charge in [-0.05, 0) is 26.3 Å². The number of thioether (sulfide) groups is 1. The minimum absolute atomic E-state index is 0.147. The number of hydrogen-bond acceptors (Lipinski definition) is 6. The van der Waals surface area contributed by atoms with Gasteiger partial charge in [0, 0.05) is 19.6 Å². The number of rotatable bonds is 8. The molecule has 0 saturated heterocycles. The summed E-state index contributed by atoms with van der Waals surface area (Å²) in [7, 11) is 0. The molecular formula is C16H22N4OS2. The number of nitrogens with one attached hydrogen (secondary N) is 1. The molecule has 0 aliphatic rings. The largest absolute Gasteiger partial charge is 0.356 e. The third-order valence-electron chi connectivity index (χ3n) is 3.39. The van der Waals surface area contributed by atoms with Gasteiger partial charge in [-0.1, -0.05) is 53.4 Å². The molecule has 23 heavy (non-hydrogen) atoms. The van der Waals surface area contributed by atoms with Crippen LogP contribution in [0.3, 0.4) is 0 Å². The first-order valence-electron chi connectivity index (χ1n) is 7.70. The van der Waals surface area contributed by atoms with Crippen molar-refractivity contribution < 1.29 is 4.79 Å². The number of benzene rings is 1. The Morgan fingerprint density at radius 2 is 1.96 bits per heavy atom. The fraction of sp³-hybridized carbons (Fsp3) is 0.438. The Morgan fingerprint density at radius 3 is 2.61 bits per heavy atom. The van der Waals surface area contributed by atoms with Gasteiger partial charge in [0.05, 0.1) is 5.25 Å². The maximum Gasteiger partial charge on any atom is 0.235 e. The van der Waals surface area contributed by atoms with E-state index in [-0.39, 0.29) is 11.2 Å². The highest BCUT2D eigenvalue weighted by molar-refractivity contribution is 8.02. The SMILES string of the molecule is CCN(CC)C(=O)C(C)Sc1nnc(NCc2ccccc2)s1. The molecule has 0 spiro atoms. The number of carbonyl (C=O) groups is 1. The standard InChI is InChI=1S/C16H22N4OS2/c1-4-20(5-2)14(21)12(3)22-16-19-18-15(23-16)17-11-13-9-7-6-8-10-13/h6-10,12H,4-5,11H2,1-3H3,(H,17,18). The van der Waals surface area contributed by atoms with Crippen molar-refractivity contribution in [3.8, 4) is 0 Å². The number of nitrogens with zero attached hydrogens (tertiary/aromatic N) is 3. The van der Waals surface area contributed by atoms with Gasteiger partial charge in [0.15, 0.2) is 4.34 Å². The summed E-state index contributed by atoms with van der Waals surface area (Å²) in [6.45, 7) is 8.10. The van der Waals surface area contributed by atoms with E-state index in [2.05, 4.69) is 27.6 Å². The molecule has 0 aliphatic heterocycles. The van der Waals surface area contributed by atoms with Gasteiger partial charge in [-0.3, -0.25) is 4.79 Å². The van der Waals surface area contributed by atoms with Crippen LogP contribution in [0.5, 0.6) is 0 Å². The summed E-state index contributed by atoms with van der Waals surface area (Å²) in [6.07, 6.45) is 0. The molecule has 1 aromatic heterocycles. The van der Waals surface area contributed by atoms with Gasteiger partial charge >= 0.3 is 0 Å². The monoisotopic (exact) mass is 350 g/mol. The topological polar surface area (TPSA) is 58.1 Å². The first kappa shape index (κ1) is 17.7. The highest BCUT2D eigenvalue weighted by Gasteiger charge is 2.21. The third-order valence-corrected chi connectivity index (χ3v) is 5.45. The zero-order valence-corrected chi connectivity index (χ0v) is 15.3. The Hall–Kier alpha value is -1.60.